The number of aromatic nitrogens is 1. The maximum atomic E-state index is 6.75. The van der Waals surface area contributed by atoms with Gasteiger partial charge in [-0.3, -0.25) is 0 Å². The topological polar surface area (TPSA) is 30.1 Å². The molecule has 0 spiro atoms. The molecule has 0 radical (unpaired) electrons. The van der Waals surface area contributed by atoms with Crippen LogP contribution in [0.2, 0.25) is 0 Å². The molecule has 8 aromatic carbocycles. The van der Waals surface area contributed by atoms with Gasteiger partial charge in [0.25, 0.3) is 0 Å². The van der Waals surface area contributed by atoms with Crippen LogP contribution >= 0.6 is 0 Å². The van der Waals surface area contributed by atoms with Gasteiger partial charge in [0.1, 0.15) is 11.3 Å². The molecule has 72 heavy (non-hydrogen) atoms. The first kappa shape index (κ1) is 43.7. The molecule has 0 atom stereocenters. The third kappa shape index (κ3) is 6.05. The molecule has 3 heterocycles. The average Bonchev–Trinajstić information content (AvgIpc) is 4.05. The number of hydrogen-bond donors (Lipinski definition) is 1. The van der Waals surface area contributed by atoms with Crippen molar-refractivity contribution < 1.29 is 4.42 Å². The second-order valence-electron chi connectivity index (χ2n) is 25.3. The van der Waals surface area contributed by atoms with Gasteiger partial charge in [0.05, 0.1) is 5.52 Å². The molecule has 2 aromatic heterocycles. The zero-order valence-electron chi connectivity index (χ0n) is 43.8. The van der Waals surface area contributed by atoms with Gasteiger partial charge < -0.3 is 14.3 Å². The Morgan fingerprint density at radius 3 is 1.93 bits per heavy atom. The molecule has 3 nitrogen and oxygen atoms in total. The molecule has 14 rings (SSSR count). The van der Waals surface area contributed by atoms with Crippen LogP contribution in [-0.2, 0) is 27.1 Å². The van der Waals surface area contributed by atoms with Gasteiger partial charge >= 0.3 is 0 Å². The van der Waals surface area contributed by atoms with E-state index < -0.39 is 0 Å². The van der Waals surface area contributed by atoms with E-state index in [9.17, 15) is 0 Å². The minimum atomic E-state index is -0.189. The van der Waals surface area contributed by atoms with Crippen molar-refractivity contribution in [3.63, 3.8) is 0 Å². The summed E-state index contributed by atoms with van der Waals surface area (Å²) in [6.07, 6.45) is 2.39. The van der Waals surface area contributed by atoms with Crippen LogP contribution in [0.25, 0.3) is 83.2 Å². The molecule has 1 aliphatic heterocycles. The van der Waals surface area contributed by atoms with Crippen molar-refractivity contribution in [2.75, 3.05) is 5.32 Å². The lowest BCUT2D eigenvalue weighted by molar-refractivity contribution is 0.331. The van der Waals surface area contributed by atoms with Crippen LogP contribution in [0, 0.1) is 0 Å². The number of hydrogen-bond acceptors (Lipinski definition) is 2. The van der Waals surface area contributed by atoms with E-state index in [1.54, 1.807) is 0 Å². The predicted molar refractivity (Wildman–Crippen MR) is 307 cm³/mol. The third-order valence-electron chi connectivity index (χ3n) is 18.2. The fourth-order valence-corrected chi connectivity index (χ4v) is 13.8. The van der Waals surface area contributed by atoms with Crippen LogP contribution in [0.4, 0.5) is 11.4 Å². The normalized spacial score (nSPS) is 17.0. The van der Waals surface area contributed by atoms with E-state index >= 15 is 0 Å². The molecule has 4 heteroatoms. The summed E-state index contributed by atoms with van der Waals surface area (Å²) in [7, 11) is 0.777. The maximum Gasteiger partial charge on any atom is 0.198 e. The Hall–Kier alpha value is -7.04. The molecule has 1 N–H and O–H groups in total. The largest absolute Gasteiger partial charge is 0.456 e. The van der Waals surface area contributed by atoms with E-state index in [4.69, 9.17) is 4.42 Å². The highest BCUT2D eigenvalue weighted by Gasteiger charge is 2.44. The van der Waals surface area contributed by atoms with Gasteiger partial charge in [-0.15, -0.1) is 0 Å². The summed E-state index contributed by atoms with van der Waals surface area (Å²) < 4.78 is 9.37. The van der Waals surface area contributed by atoms with Gasteiger partial charge in [-0.2, -0.15) is 0 Å². The van der Waals surface area contributed by atoms with E-state index in [1.807, 2.05) is 0 Å². The Balaban J connectivity index is 1.05. The van der Waals surface area contributed by atoms with Crippen molar-refractivity contribution in [2.45, 2.75) is 116 Å². The molecular weight excluding hydrogens is 872 g/mol. The number of benzene rings is 8. The average molecular weight is 935 g/mol. The van der Waals surface area contributed by atoms with Gasteiger partial charge in [0, 0.05) is 60.7 Å². The highest BCUT2D eigenvalue weighted by Crippen LogP contribution is 2.57. The first-order valence-corrected chi connectivity index (χ1v) is 26.4. The molecular formula is C68H63BN2O. The number of anilines is 2. The van der Waals surface area contributed by atoms with Crippen LogP contribution in [0.1, 0.15) is 128 Å². The highest BCUT2D eigenvalue weighted by molar-refractivity contribution is 6.73. The summed E-state index contributed by atoms with van der Waals surface area (Å²) in [5.41, 5.74) is 28.5. The van der Waals surface area contributed by atoms with Crippen LogP contribution in [0.3, 0.4) is 0 Å². The lowest BCUT2D eigenvalue weighted by atomic mass is 9.59. The van der Waals surface area contributed by atoms with E-state index in [0.717, 1.165) is 40.9 Å². The Labute approximate surface area is 425 Å². The molecule has 10 aromatic rings. The zero-order chi connectivity index (χ0) is 49.6. The molecule has 0 saturated heterocycles. The van der Waals surface area contributed by atoms with E-state index in [-0.39, 0.29) is 27.1 Å². The van der Waals surface area contributed by atoms with Gasteiger partial charge in [-0.1, -0.05) is 167 Å². The monoisotopic (exact) mass is 935 g/mol. The smallest absolute Gasteiger partial charge is 0.198 e. The van der Waals surface area contributed by atoms with Gasteiger partial charge in [-0.25, -0.2) is 0 Å². The lowest BCUT2D eigenvalue weighted by Gasteiger charge is -2.42. The van der Waals surface area contributed by atoms with Gasteiger partial charge in [0.15, 0.2) is 7.28 Å². The second kappa shape index (κ2) is 14.3. The van der Waals surface area contributed by atoms with Crippen molar-refractivity contribution in [1.29, 1.82) is 0 Å². The predicted octanol–water partition coefficient (Wildman–Crippen LogP) is 16.6. The van der Waals surface area contributed by atoms with Crippen molar-refractivity contribution in [3.8, 4) is 50.4 Å². The quantitative estimate of drug-likeness (QED) is 0.178. The zero-order valence-corrected chi connectivity index (χ0v) is 43.8. The summed E-state index contributed by atoms with van der Waals surface area (Å²) >= 11 is 0. The van der Waals surface area contributed by atoms with Crippen LogP contribution in [0.5, 0.6) is 0 Å². The SMILES string of the molecule is CC(C)(C)c1ccc(Nc2cc3c(cc2-c2ccc4c5cc6c(cc5n5c4c2Bc2cc4oc(-c7ccccc7)cc4cc2-5)-c2ccccc2C6(C)C)-c2cc4c(cc2C3(C)C)C(C)(C)CCC4(C)C)cc1. The summed E-state index contributed by atoms with van der Waals surface area (Å²) in [5.74, 6) is 0.895. The molecule has 0 unspecified atom stereocenters. The Morgan fingerprint density at radius 1 is 0.528 bits per heavy atom. The number of furan rings is 1. The van der Waals surface area contributed by atoms with Crippen LogP contribution in [0.15, 0.2) is 150 Å². The Kier molecular flexibility index (Phi) is 8.71. The molecule has 0 bridgehead atoms. The fourth-order valence-electron chi connectivity index (χ4n) is 13.8. The third-order valence-corrected chi connectivity index (χ3v) is 18.2. The van der Waals surface area contributed by atoms with Crippen molar-refractivity contribution in [2.24, 2.45) is 0 Å². The van der Waals surface area contributed by atoms with Gasteiger partial charge in [0.2, 0.25) is 0 Å². The number of nitrogens with zero attached hydrogens (tertiary/aromatic N) is 1. The summed E-state index contributed by atoms with van der Waals surface area (Å²) in [4.78, 5) is 0. The number of fused-ring (bicyclic) bond motifs is 13. The Bertz CT molecular complexity index is 4000. The van der Waals surface area contributed by atoms with E-state index in [2.05, 4.69) is 232 Å². The fraction of sp³-hybridized carbons (Fsp3) is 0.265. The standard InChI is InChI=1S/C68H63BN2O/c1-64(2,3)40-21-23-41(24-22-40)70-57-36-53-45(46-32-54-55(35-52(46)68(53,10)11)66(6,7)28-27-65(54,4)5)31-48(57)43-25-26-44-49-33-51-47(42-19-15-16-20-50(42)67(51,8)9)34-58(49)71-59-29-39-30-60(38-17-13-12-14-18-38)72-61(39)37-56(59)69-62(43)63(44)71/h12-26,29-37,69-70H,27-28H2,1-11H3. The Morgan fingerprint density at radius 2 is 1.18 bits per heavy atom. The van der Waals surface area contributed by atoms with Gasteiger partial charge in [-0.05, 0) is 162 Å². The molecule has 0 amide bonds. The molecule has 3 aliphatic carbocycles. The van der Waals surface area contributed by atoms with Crippen LogP contribution in [-0.4, -0.2) is 11.8 Å². The number of rotatable bonds is 4. The molecule has 0 saturated carbocycles. The molecule has 4 aliphatic rings. The van der Waals surface area contributed by atoms with E-state index in [1.165, 1.54) is 124 Å². The summed E-state index contributed by atoms with van der Waals surface area (Å²) in [5, 5.41) is 7.80. The van der Waals surface area contributed by atoms with Crippen molar-refractivity contribution in [3.05, 3.63) is 185 Å². The van der Waals surface area contributed by atoms with Crippen molar-refractivity contribution in [1.82, 2.24) is 4.57 Å². The maximum absolute atomic E-state index is 6.75. The van der Waals surface area contributed by atoms with Crippen molar-refractivity contribution >= 4 is 62.4 Å². The minimum absolute atomic E-state index is 0.0613. The van der Waals surface area contributed by atoms with Crippen LogP contribution < -0.4 is 16.2 Å². The summed E-state index contributed by atoms with van der Waals surface area (Å²) in [6.45, 7) is 26.4. The molecule has 0 fully saturated rings. The number of nitrogens with one attached hydrogen (secondary N) is 1. The first-order chi connectivity index (χ1) is 34.3. The second-order valence-corrected chi connectivity index (χ2v) is 25.3. The first-order valence-electron chi connectivity index (χ1n) is 26.4. The minimum Gasteiger partial charge on any atom is -0.456 e. The molecule has 354 valence electrons. The highest BCUT2D eigenvalue weighted by atomic mass is 16.3. The summed E-state index contributed by atoms with van der Waals surface area (Å²) in [6, 6.07) is 55.9. The lowest BCUT2D eigenvalue weighted by Crippen LogP contribution is -2.37. The van der Waals surface area contributed by atoms with E-state index in [0.29, 0.717) is 0 Å².